The van der Waals surface area contributed by atoms with Crippen LogP contribution in [0.25, 0.3) is 10.4 Å². The quantitative estimate of drug-likeness (QED) is 0.760. The topological polar surface area (TPSA) is 42.0 Å². The predicted octanol–water partition coefficient (Wildman–Crippen LogP) is 4.72. The molecule has 0 atom stereocenters. The van der Waals surface area contributed by atoms with E-state index in [1.165, 1.54) is 6.20 Å². The van der Waals surface area contributed by atoms with Crippen molar-refractivity contribution in [3.63, 3.8) is 0 Å². The number of halogens is 1. The number of aromatic nitrogens is 1. The minimum Gasteiger partial charge on any atom is -0.320 e. The highest BCUT2D eigenvalue weighted by molar-refractivity contribution is 7.13. The van der Waals surface area contributed by atoms with E-state index in [1.54, 1.807) is 23.5 Å². The van der Waals surface area contributed by atoms with Gasteiger partial charge in [0.15, 0.2) is 0 Å². The van der Waals surface area contributed by atoms with Gasteiger partial charge in [0.25, 0.3) is 5.91 Å². The van der Waals surface area contributed by atoms with Crippen LogP contribution < -0.4 is 5.32 Å². The van der Waals surface area contributed by atoms with Gasteiger partial charge >= 0.3 is 0 Å². The van der Waals surface area contributed by atoms with Crippen molar-refractivity contribution in [1.82, 2.24) is 4.98 Å². The van der Waals surface area contributed by atoms with Crippen molar-refractivity contribution in [2.24, 2.45) is 0 Å². The zero-order chi connectivity index (χ0) is 14.7. The normalized spacial score (nSPS) is 10.3. The van der Waals surface area contributed by atoms with Gasteiger partial charge in [0.1, 0.15) is 5.69 Å². The van der Waals surface area contributed by atoms with Crippen molar-refractivity contribution in [3.05, 3.63) is 70.8 Å². The minimum absolute atomic E-state index is 0.276. The number of anilines is 1. The molecular weight excluding hydrogens is 304 g/mol. The molecule has 0 saturated carbocycles. The molecule has 2 aromatic heterocycles. The third-order valence-electron chi connectivity index (χ3n) is 2.92. The molecule has 21 heavy (non-hydrogen) atoms. The van der Waals surface area contributed by atoms with Gasteiger partial charge in [-0.1, -0.05) is 35.9 Å². The van der Waals surface area contributed by atoms with E-state index in [2.05, 4.69) is 10.3 Å². The number of amides is 1. The third kappa shape index (κ3) is 3.12. The second-order valence-corrected chi connectivity index (χ2v) is 5.72. The van der Waals surface area contributed by atoms with Crippen LogP contribution in [0.1, 0.15) is 10.5 Å². The Labute approximate surface area is 131 Å². The van der Waals surface area contributed by atoms with E-state index in [0.717, 1.165) is 16.1 Å². The monoisotopic (exact) mass is 314 g/mol. The number of para-hydroxylation sites is 1. The maximum Gasteiger partial charge on any atom is 0.274 e. The molecule has 5 heteroatoms. The molecule has 1 amide bonds. The Morgan fingerprint density at radius 3 is 2.76 bits per heavy atom. The summed E-state index contributed by atoms with van der Waals surface area (Å²) in [5, 5.41) is 5.38. The summed E-state index contributed by atoms with van der Waals surface area (Å²) in [6.07, 6.45) is 1.52. The highest BCUT2D eigenvalue weighted by Gasteiger charge is 2.11. The van der Waals surface area contributed by atoms with Crippen LogP contribution in [-0.2, 0) is 0 Å². The largest absolute Gasteiger partial charge is 0.320 e. The highest BCUT2D eigenvalue weighted by Crippen LogP contribution is 2.31. The number of hydrogen-bond acceptors (Lipinski definition) is 3. The van der Waals surface area contributed by atoms with Crippen molar-refractivity contribution in [1.29, 1.82) is 0 Å². The predicted molar refractivity (Wildman–Crippen MR) is 87.0 cm³/mol. The fourth-order valence-electron chi connectivity index (χ4n) is 1.95. The molecule has 3 nitrogen and oxygen atoms in total. The summed E-state index contributed by atoms with van der Waals surface area (Å²) in [6, 6.07) is 14.9. The van der Waals surface area contributed by atoms with Crippen LogP contribution >= 0.6 is 22.9 Å². The number of hydrogen-bond donors (Lipinski definition) is 1. The summed E-state index contributed by atoms with van der Waals surface area (Å²) in [6.45, 7) is 0. The molecule has 0 aliphatic rings. The molecule has 2 heterocycles. The van der Waals surface area contributed by atoms with Gasteiger partial charge in [0.2, 0.25) is 0 Å². The Kier molecular flexibility index (Phi) is 3.99. The molecule has 1 aromatic carbocycles. The van der Waals surface area contributed by atoms with Crippen molar-refractivity contribution < 1.29 is 4.79 Å². The molecule has 0 saturated heterocycles. The van der Waals surface area contributed by atoms with Gasteiger partial charge in [-0.2, -0.15) is 0 Å². The van der Waals surface area contributed by atoms with Gasteiger partial charge in [-0.15, -0.1) is 11.3 Å². The van der Waals surface area contributed by atoms with Crippen molar-refractivity contribution in [3.8, 4) is 10.4 Å². The van der Waals surface area contributed by atoms with Crippen LogP contribution in [0, 0.1) is 0 Å². The lowest BCUT2D eigenvalue weighted by atomic mass is 10.1. The second kappa shape index (κ2) is 6.08. The Morgan fingerprint density at radius 1 is 1.14 bits per heavy atom. The van der Waals surface area contributed by atoms with Crippen LogP contribution in [0.3, 0.4) is 0 Å². The van der Waals surface area contributed by atoms with Gasteiger partial charge in [-0.05, 0) is 29.6 Å². The Hall–Kier alpha value is -2.17. The number of rotatable bonds is 3. The molecular formula is C16H11ClN2OS. The number of carbonyl (C=O) groups excluding carboxylic acids is 1. The molecule has 0 bridgehead atoms. The first-order valence-electron chi connectivity index (χ1n) is 6.30. The molecule has 0 unspecified atom stereocenters. The first-order chi connectivity index (χ1) is 10.2. The van der Waals surface area contributed by atoms with E-state index in [4.69, 9.17) is 11.6 Å². The lowest BCUT2D eigenvalue weighted by Gasteiger charge is -2.09. The summed E-state index contributed by atoms with van der Waals surface area (Å²) in [4.78, 5) is 17.4. The molecule has 104 valence electrons. The van der Waals surface area contributed by atoms with Crippen LogP contribution in [0.2, 0.25) is 5.02 Å². The Morgan fingerprint density at radius 2 is 2.00 bits per heavy atom. The van der Waals surface area contributed by atoms with Crippen LogP contribution in [-0.4, -0.2) is 10.9 Å². The minimum atomic E-state index is -0.276. The molecule has 0 radical (unpaired) electrons. The summed E-state index contributed by atoms with van der Waals surface area (Å²) >= 11 is 7.51. The van der Waals surface area contributed by atoms with Gasteiger partial charge in [0, 0.05) is 27.3 Å². The van der Waals surface area contributed by atoms with Crippen molar-refractivity contribution in [2.45, 2.75) is 0 Å². The number of thiophene rings is 1. The molecule has 0 aliphatic heterocycles. The van der Waals surface area contributed by atoms with Gasteiger partial charge in [0.05, 0.1) is 0 Å². The average molecular weight is 315 g/mol. The lowest BCUT2D eigenvalue weighted by Crippen LogP contribution is -2.14. The van der Waals surface area contributed by atoms with E-state index in [-0.39, 0.29) is 5.91 Å². The first-order valence-corrected chi connectivity index (χ1v) is 7.55. The SMILES string of the molecule is O=C(Nc1ccccc1-c1cccs1)c1cc(Cl)ccn1. The number of benzene rings is 1. The van der Waals surface area contributed by atoms with Crippen molar-refractivity contribution in [2.75, 3.05) is 5.32 Å². The fraction of sp³-hybridized carbons (Fsp3) is 0. The molecule has 3 aromatic rings. The molecule has 3 rings (SSSR count). The van der Waals surface area contributed by atoms with E-state index in [9.17, 15) is 4.79 Å². The number of nitrogens with one attached hydrogen (secondary N) is 1. The maximum absolute atomic E-state index is 12.3. The summed E-state index contributed by atoms with van der Waals surface area (Å²) in [5.41, 5.74) is 2.04. The smallest absolute Gasteiger partial charge is 0.274 e. The highest BCUT2D eigenvalue weighted by atomic mass is 35.5. The molecule has 0 spiro atoms. The maximum atomic E-state index is 12.3. The van der Waals surface area contributed by atoms with E-state index < -0.39 is 0 Å². The van der Waals surface area contributed by atoms with E-state index in [0.29, 0.717) is 10.7 Å². The average Bonchev–Trinajstić information content (AvgIpc) is 3.02. The Balaban J connectivity index is 1.90. The van der Waals surface area contributed by atoms with Crippen LogP contribution in [0.5, 0.6) is 0 Å². The van der Waals surface area contributed by atoms with Crippen LogP contribution in [0.4, 0.5) is 5.69 Å². The number of carbonyl (C=O) groups is 1. The zero-order valence-electron chi connectivity index (χ0n) is 10.9. The number of pyridine rings is 1. The number of nitrogens with zero attached hydrogens (tertiary/aromatic N) is 1. The third-order valence-corrected chi connectivity index (χ3v) is 4.05. The molecule has 0 aliphatic carbocycles. The second-order valence-electron chi connectivity index (χ2n) is 4.34. The van der Waals surface area contributed by atoms with Crippen LogP contribution in [0.15, 0.2) is 60.1 Å². The fourth-order valence-corrected chi connectivity index (χ4v) is 2.88. The summed E-state index contributed by atoms with van der Waals surface area (Å²) in [7, 11) is 0. The van der Waals surface area contributed by atoms with E-state index >= 15 is 0 Å². The molecule has 0 fully saturated rings. The molecule has 1 N–H and O–H groups in total. The van der Waals surface area contributed by atoms with Gasteiger partial charge in [-0.25, -0.2) is 0 Å². The van der Waals surface area contributed by atoms with Gasteiger partial charge < -0.3 is 5.32 Å². The van der Waals surface area contributed by atoms with Gasteiger partial charge in [-0.3, -0.25) is 9.78 Å². The standard InChI is InChI=1S/C16H11ClN2OS/c17-11-7-8-18-14(10-11)16(20)19-13-5-2-1-4-12(13)15-6-3-9-21-15/h1-10H,(H,19,20). The summed E-state index contributed by atoms with van der Waals surface area (Å²) in [5.74, 6) is -0.276. The zero-order valence-corrected chi connectivity index (χ0v) is 12.5. The van der Waals surface area contributed by atoms with Crippen molar-refractivity contribution >= 4 is 34.5 Å². The Bertz CT molecular complexity index is 771. The van der Waals surface area contributed by atoms with E-state index in [1.807, 2.05) is 41.8 Å². The summed E-state index contributed by atoms with van der Waals surface area (Å²) < 4.78 is 0. The first kappa shape index (κ1) is 13.8. The lowest BCUT2D eigenvalue weighted by molar-refractivity contribution is 0.102.